The third-order valence-corrected chi connectivity index (χ3v) is 3.54. The summed E-state index contributed by atoms with van der Waals surface area (Å²) in [5.74, 6) is -1.56. The van der Waals surface area contributed by atoms with Crippen molar-refractivity contribution in [1.29, 1.82) is 0 Å². The molecule has 0 fully saturated rings. The van der Waals surface area contributed by atoms with Crippen LogP contribution in [0, 0.1) is 0 Å². The lowest BCUT2D eigenvalue weighted by Crippen LogP contribution is -2.41. The van der Waals surface area contributed by atoms with E-state index < -0.39 is 34.9 Å². The maximum absolute atomic E-state index is 13.3. The molecular weight excluding hydrogens is 353 g/mol. The Hall–Kier alpha value is -3.43. The maximum Gasteiger partial charge on any atom is 0.414 e. The molecule has 26 heavy (non-hydrogen) atoms. The van der Waals surface area contributed by atoms with Crippen LogP contribution in [0.15, 0.2) is 53.7 Å². The zero-order chi connectivity index (χ0) is 18.9. The average Bonchev–Trinajstić information content (AvgIpc) is 2.60. The number of hydrogen-bond acceptors (Lipinski definition) is 5. The second-order valence-electron chi connectivity index (χ2n) is 5.27. The molecule has 134 valence electrons. The van der Waals surface area contributed by atoms with Crippen LogP contribution < -0.4 is 10.9 Å². The van der Waals surface area contributed by atoms with E-state index in [4.69, 9.17) is 0 Å². The van der Waals surface area contributed by atoms with Crippen LogP contribution in [0.5, 0.6) is 5.75 Å². The molecule has 3 aromatic heterocycles. The van der Waals surface area contributed by atoms with Crippen LogP contribution in [0.2, 0.25) is 0 Å². The smallest absolute Gasteiger partial charge is 0.414 e. The summed E-state index contributed by atoms with van der Waals surface area (Å²) in [5.41, 5.74) is -2.05. The summed E-state index contributed by atoms with van der Waals surface area (Å²) in [6, 6.07) is 4.12. The van der Waals surface area contributed by atoms with Crippen molar-refractivity contribution in [3.05, 3.63) is 70.5 Å². The number of nitrogens with zero attached hydrogens (tertiary/aromatic N) is 3. The van der Waals surface area contributed by atoms with E-state index in [0.717, 1.165) is 22.9 Å². The van der Waals surface area contributed by atoms with Gasteiger partial charge < -0.3 is 10.4 Å². The SMILES string of the molecule is O=C(NC(c1ccccn1)C(F)(F)F)c1cnc2c(O)cccn2c1=O. The average molecular weight is 364 g/mol. The summed E-state index contributed by atoms with van der Waals surface area (Å²) < 4.78 is 40.8. The minimum atomic E-state index is -4.82. The van der Waals surface area contributed by atoms with E-state index in [1.54, 1.807) is 5.32 Å². The number of carbonyl (C=O) groups is 1. The van der Waals surface area contributed by atoms with Gasteiger partial charge in [0.2, 0.25) is 0 Å². The predicted molar refractivity (Wildman–Crippen MR) is 83.6 cm³/mol. The summed E-state index contributed by atoms with van der Waals surface area (Å²) in [4.78, 5) is 32.0. The molecule has 0 aliphatic carbocycles. The van der Waals surface area contributed by atoms with Crippen LogP contribution >= 0.6 is 0 Å². The van der Waals surface area contributed by atoms with Crippen molar-refractivity contribution in [3.8, 4) is 5.75 Å². The van der Waals surface area contributed by atoms with E-state index in [1.807, 2.05) is 0 Å². The third kappa shape index (κ3) is 3.21. The van der Waals surface area contributed by atoms with Gasteiger partial charge in [-0.2, -0.15) is 13.2 Å². The van der Waals surface area contributed by atoms with Crippen LogP contribution in [0.3, 0.4) is 0 Å². The zero-order valence-electron chi connectivity index (χ0n) is 12.9. The van der Waals surface area contributed by atoms with Crippen molar-refractivity contribution in [1.82, 2.24) is 19.7 Å². The first-order valence-corrected chi connectivity index (χ1v) is 7.27. The van der Waals surface area contributed by atoms with Gasteiger partial charge in [-0.05, 0) is 24.3 Å². The lowest BCUT2D eigenvalue weighted by Gasteiger charge is -2.21. The molecule has 0 saturated heterocycles. The fourth-order valence-electron chi connectivity index (χ4n) is 2.33. The van der Waals surface area contributed by atoms with Gasteiger partial charge in [-0.25, -0.2) is 4.98 Å². The summed E-state index contributed by atoms with van der Waals surface area (Å²) in [6.45, 7) is 0. The third-order valence-electron chi connectivity index (χ3n) is 3.54. The Bertz CT molecular complexity index is 1020. The van der Waals surface area contributed by atoms with Crippen LogP contribution in [-0.4, -0.2) is 31.6 Å². The second kappa shape index (κ2) is 6.47. The first kappa shape index (κ1) is 17.4. The minimum Gasteiger partial charge on any atom is -0.504 e. The highest BCUT2D eigenvalue weighted by Gasteiger charge is 2.43. The summed E-state index contributed by atoms with van der Waals surface area (Å²) >= 11 is 0. The minimum absolute atomic E-state index is 0.119. The van der Waals surface area contributed by atoms with E-state index in [0.29, 0.717) is 0 Å². The first-order valence-electron chi connectivity index (χ1n) is 7.27. The van der Waals surface area contributed by atoms with Crippen LogP contribution in [0.4, 0.5) is 13.2 Å². The molecule has 0 bridgehead atoms. The highest BCUT2D eigenvalue weighted by molar-refractivity contribution is 5.94. The fourth-order valence-corrected chi connectivity index (χ4v) is 2.33. The molecule has 7 nitrogen and oxygen atoms in total. The topological polar surface area (TPSA) is 96.6 Å². The largest absolute Gasteiger partial charge is 0.504 e. The van der Waals surface area contributed by atoms with Gasteiger partial charge in [0.15, 0.2) is 17.4 Å². The number of hydrogen-bond donors (Lipinski definition) is 2. The number of rotatable bonds is 3. The van der Waals surface area contributed by atoms with Crippen molar-refractivity contribution in [3.63, 3.8) is 0 Å². The second-order valence-corrected chi connectivity index (χ2v) is 5.27. The van der Waals surface area contributed by atoms with Gasteiger partial charge in [0.25, 0.3) is 11.5 Å². The van der Waals surface area contributed by atoms with Crippen molar-refractivity contribution < 1.29 is 23.1 Å². The molecule has 1 amide bonds. The van der Waals surface area contributed by atoms with Gasteiger partial charge in [0.05, 0.1) is 5.69 Å². The molecule has 1 unspecified atom stereocenters. The van der Waals surface area contributed by atoms with E-state index in [2.05, 4.69) is 9.97 Å². The molecule has 0 aliphatic rings. The normalized spacial score (nSPS) is 12.7. The van der Waals surface area contributed by atoms with E-state index in [-0.39, 0.29) is 11.4 Å². The summed E-state index contributed by atoms with van der Waals surface area (Å²) in [7, 11) is 0. The number of amides is 1. The Labute approximate surface area is 143 Å². The van der Waals surface area contributed by atoms with Crippen molar-refractivity contribution in [2.75, 3.05) is 0 Å². The number of pyridine rings is 2. The molecule has 2 N–H and O–H groups in total. The van der Waals surface area contributed by atoms with Gasteiger partial charge in [-0.15, -0.1) is 0 Å². The highest BCUT2D eigenvalue weighted by atomic mass is 19.4. The molecular formula is C16H11F3N4O3. The van der Waals surface area contributed by atoms with Gasteiger partial charge >= 0.3 is 6.18 Å². The molecule has 0 saturated carbocycles. The lowest BCUT2D eigenvalue weighted by atomic mass is 10.1. The van der Waals surface area contributed by atoms with Gasteiger partial charge in [-0.3, -0.25) is 19.0 Å². The Balaban J connectivity index is 2.00. The number of carbonyl (C=O) groups excluding carboxylic acids is 1. The maximum atomic E-state index is 13.3. The molecule has 3 rings (SSSR count). The van der Waals surface area contributed by atoms with Crippen LogP contribution in [0.1, 0.15) is 22.1 Å². The molecule has 0 radical (unpaired) electrons. The Kier molecular flexibility index (Phi) is 4.33. The standard InChI is InChI=1S/C16H11F3N4O3/c17-16(18,19)12(10-4-1-2-6-20-10)22-14(25)9-8-21-13-11(24)5-3-7-23(13)15(9)26/h1-8,12,24H,(H,22,25). The molecule has 0 aliphatic heterocycles. The summed E-state index contributed by atoms with van der Waals surface area (Å²) in [5, 5.41) is 11.4. The zero-order valence-corrected chi connectivity index (χ0v) is 12.9. The number of nitrogens with one attached hydrogen (secondary N) is 1. The molecule has 1 atom stereocenters. The molecule has 10 heteroatoms. The summed E-state index contributed by atoms with van der Waals surface area (Å²) in [6.07, 6.45) is -1.60. The molecule has 3 heterocycles. The Morgan fingerprint density at radius 1 is 1.19 bits per heavy atom. The molecule has 3 aromatic rings. The lowest BCUT2D eigenvalue weighted by molar-refractivity contribution is -0.156. The van der Waals surface area contributed by atoms with E-state index >= 15 is 0 Å². The monoisotopic (exact) mass is 364 g/mol. The van der Waals surface area contributed by atoms with Crippen molar-refractivity contribution >= 4 is 11.6 Å². The van der Waals surface area contributed by atoms with Crippen LogP contribution in [-0.2, 0) is 0 Å². The van der Waals surface area contributed by atoms with Crippen LogP contribution in [0.25, 0.3) is 5.65 Å². The fraction of sp³-hybridized carbons (Fsp3) is 0.125. The number of alkyl halides is 3. The number of aromatic hydroxyl groups is 1. The highest BCUT2D eigenvalue weighted by Crippen LogP contribution is 2.31. The molecule has 0 spiro atoms. The Morgan fingerprint density at radius 2 is 1.96 bits per heavy atom. The Morgan fingerprint density at radius 3 is 2.62 bits per heavy atom. The van der Waals surface area contributed by atoms with Gasteiger partial charge in [-0.1, -0.05) is 6.07 Å². The van der Waals surface area contributed by atoms with Gasteiger partial charge in [0.1, 0.15) is 5.56 Å². The van der Waals surface area contributed by atoms with E-state index in [1.165, 1.54) is 30.5 Å². The van der Waals surface area contributed by atoms with Gasteiger partial charge in [0, 0.05) is 18.6 Å². The predicted octanol–water partition coefficient (Wildman–Crippen LogP) is 1.83. The number of aromatic nitrogens is 3. The first-order chi connectivity index (χ1) is 12.3. The quantitative estimate of drug-likeness (QED) is 0.739. The number of fused-ring (bicyclic) bond motifs is 1. The number of halogens is 3. The van der Waals surface area contributed by atoms with E-state index in [9.17, 15) is 27.9 Å². The molecule has 0 aromatic carbocycles. The van der Waals surface area contributed by atoms with Crippen molar-refractivity contribution in [2.45, 2.75) is 12.2 Å². The van der Waals surface area contributed by atoms with Crippen molar-refractivity contribution in [2.24, 2.45) is 0 Å².